The second-order valence-corrected chi connectivity index (χ2v) is 8.03. The Morgan fingerprint density at radius 2 is 1.79 bits per heavy atom. The molecule has 3 aliphatic rings. The lowest BCUT2D eigenvalue weighted by molar-refractivity contribution is -0.134. The van der Waals surface area contributed by atoms with Crippen molar-refractivity contribution < 1.29 is 4.79 Å². The van der Waals surface area contributed by atoms with Gasteiger partial charge >= 0.3 is 0 Å². The first kappa shape index (κ1) is 17.6. The highest BCUT2D eigenvalue weighted by Crippen LogP contribution is 2.37. The molecule has 2 aliphatic heterocycles. The lowest BCUT2D eigenvalue weighted by Gasteiger charge is -2.38. The molecule has 0 saturated carbocycles. The summed E-state index contributed by atoms with van der Waals surface area (Å²) >= 11 is 0. The van der Waals surface area contributed by atoms with Crippen molar-refractivity contribution in [3.05, 3.63) is 54.0 Å². The summed E-state index contributed by atoms with van der Waals surface area (Å²) in [5.41, 5.74) is 2.79. The van der Waals surface area contributed by atoms with Crippen LogP contribution >= 0.6 is 0 Å². The summed E-state index contributed by atoms with van der Waals surface area (Å²) in [7, 11) is 0. The van der Waals surface area contributed by atoms with Gasteiger partial charge in [0, 0.05) is 45.1 Å². The van der Waals surface area contributed by atoms with Gasteiger partial charge in [0.05, 0.1) is 18.3 Å². The van der Waals surface area contributed by atoms with Crippen LogP contribution in [0.1, 0.15) is 36.4 Å². The molecule has 6 heteroatoms. The van der Waals surface area contributed by atoms with E-state index in [1.165, 1.54) is 17.5 Å². The fourth-order valence-corrected chi connectivity index (χ4v) is 5.10. The van der Waals surface area contributed by atoms with E-state index >= 15 is 0 Å². The number of anilines is 1. The Morgan fingerprint density at radius 3 is 2.61 bits per heavy atom. The predicted octanol–water partition coefficient (Wildman–Crippen LogP) is 2.28. The number of benzene rings is 1. The Bertz CT molecular complexity index is 834. The van der Waals surface area contributed by atoms with Crippen molar-refractivity contribution in [2.45, 2.75) is 37.8 Å². The van der Waals surface area contributed by atoms with Crippen molar-refractivity contribution in [3.8, 4) is 0 Å². The summed E-state index contributed by atoms with van der Waals surface area (Å²) in [4.78, 5) is 28.7. The van der Waals surface area contributed by atoms with Crippen molar-refractivity contribution in [1.82, 2.24) is 19.8 Å². The summed E-state index contributed by atoms with van der Waals surface area (Å²) in [6.07, 6.45) is 9.61. The third-order valence-electron chi connectivity index (χ3n) is 6.55. The van der Waals surface area contributed by atoms with Gasteiger partial charge in [-0.05, 0) is 36.8 Å². The van der Waals surface area contributed by atoms with Crippen molar-refractivity contribution >= 4 is 11.7 Å². The third-order valence-corrected chi connectivity index (χ3v) is 6.55. The topological polar surface area (TPSA) is 52.6 Å². The molecule has 2 unspecified atom stereocenters. The van der Waals surface area contributed by atoms with E-state index in [1.54, 1.807) is 12.4 Å². The van der Waals surface area contributed by atoms with Crippen molar-refractivity contribution in [2.75, 3.05) is 37.6 Å². The molecule has 0 radical (unpaired) electrons. The third kappa shape index (κ3) is 3.15. The molecular weight excluding hydrogens is 350 g/mol. The lowest BCUT2D eigenvalue weighted by Crippen LogP contribution is -2.53. The molecule has 2 fully saturated rings. The molecule has 0 N–H and O–H groups in total. The van der Waals surface area contributed by atoms with E-state index in [4.69, 9.17) is 0 Å². The number of aromatic nitrogens is 2. The normalized spacial score (nSPS) is 25.8. The van der Waals surface area contributed by atoms with Gasteiger partial charge in [-0.25, -0.2) is 4.98 Å². The minimum absolute atomic E-state index is 0.0399. The summed E-state index contributed by atoms with van der Waals surface area (Å²) < 4.78 is 0. The highest BCUT2D eigenvalue weighted by molar-refractivity contribution is 5.84. The first-order valence-corrected chi connectivity index (χ1v) is 10.4. The number of piperazine rings is 1. The van der Waals surface area contributed by atoms with Crippen LogP contribution in [0.5, 0.6) is 0 Å². The van der Waals surface area contributed by atoms with Gasteiger partial charge < -0.3 is 9.80 Å². The van der Waals surface area contributed by atoms with E-state index in [1.807, 2.05) is 6.20 Å². The van der Waals surface area contributed by atoms with Crippen LogP contribution < -0.4 is 4.90 Å². The zero-order valence-electron chi connectivity index (χ0n) is 16.2. The zero-order valence-corrected chi connectivity index (χ0v) is 16.2. The van der Waals surface area contributed by atoms with Crippen molar-refractivity contribution in [3.63, 3.8) is 0 Å². The fourth-order valence-electron chi connectivity index (χ4n) is 5.10. The highest BCUT2D eigenvalue weighted by atomic mass is 16.2. The average Bonchev–Trinajstić information content (AvgIpc) is 3.15. The number of carbonyl (C=O) groups excluding carboxylic acids is 1. The number of carbonyl (C=O) groups is 1. The Morgan fingerprint density at radius 1 is 0.929 bits per heavy atom. The van der Waals surface area contributed by atoms with Gasteiger partial charge in [0.1, 0.15) is 5.82 Å². The van der Waals surface area contributed by atoms with Gasteiger partial charge in [0.25, 0.3) is 0 Å². The van der Waals surface area contributed by atoms with Crippen LogP contribution in [-0.4, -0.2) is 64.4 Å². The minimum atomic E-state index is 0.0399. The SMILES string of the molecule is O=C1C(N2CCN(c3cnccn3)CC2)CCN1C1CCCc2ccccc21. The van der Waals surface area contributed by atoms with Gasteiger partial charge in [-0.1, -0.05) is 24.3 Å². The van der Waals surface area contributed by atoms with Crippen LogP contribution in [0.2, 0.25) is 0 Å². The first-order chi connectivity index (χ1) is 13.8. The maximum atomic E-state index is 13.3. The number of hydrogen-bond acceptors (Lipinski definition) is 5. The molecular formula is C22H27N5O. The Hall–Kier alpha value is -2.47. The second kappa shape index (κ2) is 7.51. The standard InChI is InChI=1S/C22H27N5O/c28-22-20(25-12-14-26(15-13-25)21-16-23-9-10-24-21)8-11-27(22)19-7-3-5-17-4-1-2-6-18(17)19/h1-2,4,6,9-10,16,19-20H,3,5,7-8,11-15H2. The number of likely N-dealkylation sites (tertiary alicyclic amines) is 1. The summed E-state index contributed by atoms with van der Waals surface area (Å²) in [5.74, 6) is 1.26. The first-order valence-electron chi connectivity index (χ1n) is 10.4. The molecule has 2 atom stereocenters. The number of amides is 1. The molecule has 2 aromatic rings. The lowest BCUT2D eigenvalue weighted by atomic mass is 9.87. The Labute approximate surface area is 166 Å². The Balaban J connectivity index is 1.25. The van der Waals surface area contributed by atoms with Gasteiger partial charge in [-0.15, -0.1) is 0 Å². The molecule has 1 aromatic heterocycles. The van der Waals surface area contributed by atoms with Crippen LogP contribution in [0.3, 0.4) is 0 Å². The maximum Gasteiger partial charge on any atom is 0.240 e. The van der Waals surface area contributed by atoms with Crippen LogP contribution in [-0.2, 0) is 11.2 Å². The maximum absolute atomic E-state index is 13.3. The monoisotopic (exact) mass is 377 g/mol. The highest BCUT2D eigenvalue weighted by Gasteiger charge is 2.41. The molecule has 28 heavy (non-hydrogen) atoms. The van der Waals surface area contributed by atoms with Crippen LogP contribution in [0, 0.1) is 0 Å². The van der Waals surface area contributed by atoms with Crippen LogP contribution in [0.15, 0.2) is 42.9 Å². The van der Waals surface area contributed by atoms with E-state index in [0.29, 0.717) is 5.91 Å². The van der Waals surface area contributed by atoms with E-state index in [0.717, 1.165) is 57.8 Å². The Kier molecular flexibility index (Phi) is 4.72. The number of hydrogen-bond donors (Lipinski definition) is 0. The molecule has 0 spiro atoms. The van der Waals surface area contributed by atoms with E-state index < -0.39 is 0 Å². The molecule has 1 amide bonds. The summed E-state index contributed by atoms with van der Waals surface area (Å²) in [6.45, 7) is 4.49. The van der Waals surface area contributed by atoms with Crippen LogP contribution in [0.25, 0.3) is 0 Å². The molecule has 1 aliphatic carbocycles. The largest absolute Gasteiger partial charge is 0.353 e. The quantitative estimate of drug-likeness (QED) is 0.821. The van der Waals surface area contributed by atoms with Gasteiger partial charge in [0.15, 0.2) is 0 Å². The molecule has 3 heterocycles. The minimum Gasteiger partial charge on any atom is -0.353 e. The molecule has 6 nitrogen and oxygen atoms in total. The predicted molar refractivity (Wildman–Crippen MR) is 108 cm³/mol. The average molecular weight is 377 g/mol. The van der Waals surface area contributed by atoms with Crippen molar-refractivity contribution in [2.24, 2.45) is 0 Å². The number of aryl methyl sites for hydroxylation is 1. The van der Waals surface area contributed by atoms with E-state index in [9.17, 15) is 4.79 Å². The smallest absolute Gasteiger partial charge is 0.240 e. The number of rotatable bonds is 3. The number of fused-ring (bicyclic) bond motifs is 1. The van der Waals surface area contributed by atoms with Gasteiger partial charge in [-0.2, -0.15) is 0 Å². The van der Waals surface area contributed by atoms with Crippen LogP contribution in [0.4, 0.5) is 5.82 Å². The van der Waals surface area contributed by atoms with Gasteiger partial charge in [-0.3, -0.25) is 14.7 Å². The summed E-state index contributed by atoms with van der Waals surface area (Å²) in [5, 5.41) is 0. The number of nitrogens with zero attached hydrogens (tertiary/aromatic N) is 5. The zero-order chi connectivity index (χ0) is 18.9. The van der Waals surface area contributed by atoms with Gasteiger partial charge in [0.2, 0.25) is 5.91 Å². The molecule has 5 rings (SSSR count). The molecule has 1 aromatic carbocycles. The van der Waals surface area contributed by atoms with E-state index in [-0.39, 0.29) is 12.1 Å². The molecule has 0 bridgehead atoms. The fraction of sp³-hybridized carbons (Fsp3) is 0.500. The molecule has 146 valence electrons. The van der Waals surface area contributed by atoms with Crippen molar-refractivity contribution in [1.29, 1.82) is 0 Å². The second-order valence-electron chi connectivity index (χ2n) is 8.03. The molecule has 2 saturated heterocycles. The van der Waals surface area contributed by atoms with E-state index in [2.05, 4.69) is 48.9 Å². The summed E-state index contributed by atoms with van der Waals surface area (Å²) in [6, 6.07) is 8.99.